The van der Waals surface area contributed by atoms with Crippen molar-refractivity contribution in [2.75, 3.05) is 6.54 Å². The van der Waals surface area contributed by atoms with Gasteiger partial charge in [-0.25, -0.2) is 13.1 Å². The van der Waals surface area contributed by atoms with Crippen LogP contribution in [0.3, 0.4) is 0 Å². The van der Waals surface area contributed by atoms with Crippen LogP contribution in [0.4, 0.5) is 0 Å². The fourth-order valence-corrected chi connectivity index (χ4v) is 4.00. The molecule has 0 aliphatic rings. The molecule has 0 amide bonds. The van der Waals surface area contributed by atoms with Gasteiger partial charge >= 0.3 is 5.97 Å². The van der Waals surface area contributed by atoms with Gasteiger partial charge < -0.3 is 5.11 Å². The summed E-state index contributed by atoms with van der Waals surface area (Å²) in [4.78, 5) is 11.1. The molecule has 2 N–H and O–H groups in total. The summed E-state index contributed by atoms with van der Waals surface area (Å²) in [6.07, 6.45) is 1.62. The lowest BCUT2D eigenvalue weighted by Crippen LogP contribution is -2.24. The number of hydrogen-bond donors (Lipinski definition) is 2. The maximum atomic E-state index is 11.9. The Hall–Kier alpha value is -0.920. The van der Waals surface area contributed by atoms with Gasteiger partial charge in [-0.15, -0.1) is 11.3 Å². The highest BCUT2D eigenvalue weighted by Gasteiger charge is 2.17. The van der Waals surface area contributed by atoms with E-state index in [1.54, 1.807) is 6.07 Å². The van der Waals surface area contributed by atoms with E-state index in [0.29, 0.717) is 17.3 Å². The van der Waals surface area contributed by atoms with Gasteiger partial charge in [0.15, 0.2) is 0 Å². The fraction of sp³-hybridized carbons (Fsp3) is 0.583. The molecule has 5 nitrogen and oxygen atoms in total. The van der Waals surface area contributed by atoms with Crippen molar-refractivity contribution in [2.24, 2.45) is 5.92 Å². The normalized spacial score (nSPS) is 11.9. The average molecular weight is 305 g/mol. The van der Waals surface area contributed by atoms with Crippen LogP contribution >= 0.6 is 11.3 Å². The van der Waals surface area contributed by atoms with Crippen molar-refractivity contribution >= 4 is 27.3 Å². The Bertz CT molecular complexity index is 520. The van der Waals surface area contributed by atoms with Gasteiger partial charge in [-0.1, -0.05) is 13.8 Å². The molecule has 108 valence electrons. The van der Waals surface area contributed by atoms with Crippen LogP contribution in [0.1, 0.15) is 31.6 Å². The van der Waals surface area contributed by atoms with Crippen LogP contribution in [0, 0.1) is 5.92 Å². The number of carboxylic acids is 1. The van der Waals surface area contributed by atoms with Gasteiger partial charge in [0, 0.05) is 11.4 Å². The van der Waals surface area contributed by atoms with Crippen LogP contribution in [-0.2, 0) is 21.2 Å². The molecule has 0 saturated heterocycles. The zero-order valence-electron chi connectivity index (χ0n) is 11.0. The number of sulfonamides is 1. The zero-order chi connectivity index (χ0) is 14.5. The topological polar surface area (TPSA) is 83.5 Å². The minimum Gasteiger partial charge on any atom is -0.481 e. The van der Waals surface area contributed by atoms with Gasteiger partial charge in [-0.05, 0) is 30.9 Å². The summed E-state index contributed by atoms with van der Waals surface area (Å²) < 4.78 is 26.6. The Balaban J connectivity index is 2.57. The molecule has 7 heteroatoms. The van der Waals surface area contributed by atoms with E-state index in [0.717, 1.165) is 24.2 Å². The summed E-state index contributed by atoms with van der Waals surface area (Å²) in [5, 5.41) is 8.65. The number of carboxylic acid groups (broad SMARTS) is 1. The van der Waals surface area contributed by atoms with Crippen molar-refractivity contribution in [3.63, 3.8) is 0 Å². The molecule has 0 spiro atoms. The van der Waals surface area contributed by atoms with E-state index in [9.17, 15) is 13.2 Å². The first-order valence-electron chi connectivity index (χ1n) is 6.11. The molecule has 19 heavy (non-hydrogen) atoms. The third kappa shape index (κ3) is 5.71. The van der Waals surface area contributed by atoms with Crippen molar-refractivity contribution < 1.29 is 18.3 Å². The summed E-state index contributed by atoms with van der Waals surface area (Å²) >= 11 is 1.00. The maximum absolute atomic E-state index is 11.9. The van der Waals surface area contributed by atoms with Crippen LogP contribution < -0.4 is 4.72 Å². The first kappa shape index (κ1) is 16.1. The fourth-order valence-electron chi connectivity index (χ4n) is 1.53. The van der Waals surface area contributed by atoms with E-state index in [2.05, 4.69) is 18.6 Å². The monoisotopic (exact) mass is 305 g/mol. The van der Waals surface area contributed by atoms with E-state index in [1.165, 1.54) is 6.07 Å². The largest absolute Gasteiger partial charge is 0.481 e. The lowest BCUT2D eigenvalue weighted by Gasteiger charge is -2.06. The zero-order valence-corrected chi connectivity index (χ0v) is 12.7. The van der Waals surface area contributed by atoms with E-state index < -0.39 is 16.0 Å². The lowest BCUT2D eigenvalue weighted by atomic mass is 10.1. The van der Waals surface area contributed by atoms with Crippen molar-refractivity contribution in [3.8, 4) is 0 Å². The summed E-state index contributed by atoms with van der Waals surface area (Å²) in [6, 6.07) is 3.00. The average Bonchev–Trinajstić information content (AvgIpc) is 2.72. The number of aliphatic carboxylic acids is 1. The van der Waals surface area contributed by atoms with Gasteiger partial charge in [0.1, 0.15) is 4.21 Å². The Morgan fingerprint density at radius 1 is 1.42 bits per heavy atom. The molecule has 0 fully saturated rings. The number of carbonyl (C=O) groups is 1. The summed E-state index contributed by atoms with van der Waals surface area (Å²) in [5.74, 6) is -0.413. The smallest absolute Gasteiger partial charge is 0.308 e. The first-order valence-corrected chi connectivity index (χ1v) is 8.41. The second-order valence-electron chi connectivity index (χ2n) is 4.73. The highest BCUT2D eigenvalue weighted by atomic mass is 32.2. The van der Waals surface area contributed by atoms with E-state index in [-0.39, 0.29) is 10.6 Å². The number of thiophene rings is 1. The number of nitrogens with one attached hydrogen (secondary N) is 1. The lowest BCUT2D eigenvalue weighted by molar-refractivity contribution is -0.136. The first-order chi connectivity index (χ1) is 8.81. The van der Waals surface area contributed by atoms with Crippen LogP contribution in [0.5, 0.6) is 0 Å². The second kappa shape index (κ2) is 7.02. The molecule has 0 saturated carbocycles. The van der Waals surface area contributed by atoms with Crippen molar-refractivity contribution in [1.29, 1.82) is 0 Å². The molecular formula is C12H19NO4S2. The highest BCUT2D eigenvalue weighted by molar-refractivity contribution is 7.91. The van der Waals surface area contributed by atoms with Crippen molar-refractivity contribution in [1.82, 2.24) is 4.72 Å². The standard InChI is InChI=1S/C12H19NO4S2/c1-9(2)4-3-7-13-19(16,17)12-6-5-10(18-12)8-11(14)15/h5-6,9,13H,3-4,7-8H2,1-2H3,(H,14,15). The predicted molar refractivity (Wildman–Crippen MR) is 74.9 cm³/mol. The predicted octanol–water partition coefficient (Wildman–Crippen LogP) is 2.09. The molecule has 0 aliphatic heterocycles. The van der Waals surface area contributed by atoms with Crippen LogP contribution in [0.15, 0.2) is 16.3 Å². The molecule has 1 heterocycles. The minimum absolute atomic E-state index is 0.145. The molecule has 0 atom stereocenters. The van der Waals surface area contributed by atoms with Gasteiger partial charge in [0.05, 0.1) is 6.42 Å². The maximum Gasteiger partial charge on any atom is 0.308 e. The Morgan fingerprint density at radius 2 is 2.11 bits per heavy atom. The Labute approximate surface area is 117 Å². The van der Waals surface area contributed by atoms with Crippen LogP contribution in [0.25, 0.3) is 0 Å². The van der Waals surface area contributed by atoms with Crippen LogP contribution in [0.2, 0.25) is 0 Å². The summed E-state index contributed by atoms with van der Waals surface area (Å²) in [7, 11) is -3.50. The molecule has 0 aromatic carbocycles. The second-order valence-corrected chi connectivity index (χ2v) is 7.89. The summed E-state index contributed by atoms with van der Waals surface area (Å²) in [5.41, 5.74) is 0. The van der Waals surface area contributed by atoms with Crippen LogP contribution in [-0.4, -0.2) is 26.0 Å². The Morgan fingerprint density at radius 3 is 2.68 bits per heavy atom. The van der Waals surface area contributed by atoms with E-state index in [1.807, 2.05) is 0 Å². The number of rotatable bonds is 8. The molecular weight excluding hydrogens is 286 g/mol. The highest BCUT2D eigenvalue weighted by Crippen LogP contribution is 2.21. The van der Waals surface area contributed by atoms with Crippen molar-refractivity contribution in [2.45, 2.75) is 37.3 Å². The third-order valence-electron chi connectivity index (χ3n) is 2.48. The molecule has 1 aromatic heterocycles. The molecule has 0 bridgehead atoms. The SMILES string of the molecule is CC(C)CCCNS(=O)(=O)c1ccc(CC(=O)O)s1. The van der Waals surface area contributed by atoms with E-state index >= 15 is 0 Å². The van der Waals surface area contributed by atoms with Gasteiger partial charge in [-0.2, -0.15) is 0 Å². The Kier molecular flexibility index (Phi) is 5.96. The van der Waals surface area contributed by atoms with Gasteiger partial charge in [-0.3, -0.25) is 4.79 Å². The summed E-state index contributed by atoms with van der Waals surface area (Å²) in [6.45, 7) is 4.59. The quantitative estimate of drug-likeness (QED) is 0.720. The van der Waals surface area contributed by atoms with Gasteiger partial charge in [0.25, 0.3) is 0 Å². The molecule has 1 rings (SSSR count). The molecule has 0 unspecified atom stereocenters. The van der Waals surface area contributed by atoms with Crippen molar-refractivity contribution in [3.05, 3.63) is 17.0 Å². The molecule has 0 aliphatic carbocycles. The number of hydrogen-bond acceptors (Lipinski definition) is 4. The van der Waals surface area contributed by atoms with Gasteiger partial charge in [0.2, 0.25) is 10.0 Å². The third-order valence-corrected chi connectivity index (χ3v) is 5.52. The molecule has 1 aromatic rings. The minimum atomic E-state index is -3.50. The van der Waals surface area contributed by atoms with E-state index in [4.69, 9.17) is 5.11 Å². The molecule has 0 radical (unpaired) electrons.